The Kier molecular flexibility index (Phi) is 3.64. The summed E-state index contributed by atoms with van der Waals surface area (Å²) in [6, 6.07) is 7.43. The second kappa shape index (κ2) is 5.38. The van der Waals surface area contributed by atoms with Crippen LogP contribution in [0.3, 0.4) is 0 Å². The second-order valence-electron chi connectivity index (χ2n) is 6.59. The quantitative estimate of drug-likeness (QED) is 0.752. The van der Waals surface area contributed by atoms with E-state index >= 15 is 0 Å². The van der Waals surface area contributed by atoms with Crippen molar-refractivity contribution in [2.24, 2.45) is 0 Å². The fourth-order valence-electron chi connectivity index (χ4n) is 2.38. The van der Waals surface area contributed by atoms with Crippen molar-refractivity contribution in [1.29, 1.82) is 0 Å². The molecule has 0 aliphatic rings. The molecule has 0 aliphatic carbocycles. The SMILES string of the molecule is Cc1ccc2nc(-c3ccc(C(=O)O)s3)c(NC(C)(C)C)n2c1. The number of rotatable bonds is 3. The van der Waals surface area contributed by atoms with E-state index in [1.165, 1.54) is 11.3 Å². The van der Waals surface area contributed by atoms with Gasteiger partial charge in [0.25, 0.3) is 0 Å². The van der Waals surface area contributed by atoms with Crippen LogP contribution in [0.25, 0.3) is 16.2 Å². The number of aromatic carboxylic acids is 1. The summed E-state index contributed by atoms with van der Waals surface area (Å²) in [7, 11) is 0. The molecule has 3 heterocycles. The molecule has 6 heteroatoms. The maximum atomic E-state index is 11.1. The maximum absolute atomic E-state index is 11.1. The summed E-state index contributed by atoms with van der Waals surface area (Å²) in [6.45, 7) is 8.29. The van der Waals surface area contributed by atoms with Gasteiger partial charge in [-0.1, -0.05) is 6.07 Å². The number of carbonyl (C=O) groups is 1. The number of carboxylic acids is 1. The first-order chi connectivity index (χ1) is 10.7. The van der Waals surface area contributed by atoms with E-state index < -0.39 is 5.97 Å². The van der Waals surface area contributed by atoms with Crippen molar-refractivity contribution in [3.63, 3.8) is 0 Å². The molecule has 0 fully saturated rings. The van der Waals surface area contributed by atoms with Gasteiger partial charge >= 0.3 is 5.97 Å². The molecular weight excluding hydrogens is 310 g/mol. The number of hydrogen-bond acceptors (Lipinski definition) is 4. The van der Waals surface area contributed by atoms with Crippen molar-refractivity contribution in [2.45, 2.75) is 33.2 Å². The number of anilines is 1. The molecule has 0 unspecified atom stereocenters. The van der Waals surface area contributed by atoms with Crippen LogP contribution in [0.1, 0.15) is 36.0 Å². The van der Waals surface area contributed by atoms with E-state index in [2.05, 4.69) is 26.1 Å². The van der Waals surface area contributed by atoms with E-state index in [-0.39, 0.29) is 5.54 Å². The molecule has 0 amide bonds. The summed E-state index contributed by atoms with van der Waals surface area (Å²) < 4.78 is 2.02. The van der Waals surface area contributed by atoms with E-state index in [1.54, 1.807) is 6.07 Å². The predicted octanol–water partition coefficient (Wildman–Crippen LogP) is 4.28. The molecule has 23 heavy (non-hydrogen) atoms. The largest absolute Gasteiger partial charge is 0.477 e. The molecule has 2 N–H and O–H groups in total. The van der Waals surface area contributed by atoms with Gasteiger partial charge in [0.15, 0.2) is 0 Å². The maximum Gasteiger partial charge on any atom is 0.345 e. The Balaban J connectivity index is 2.21. The Morgan fingerprint density at radius 2 is 2.00 bits per heavy atom. The fraction of sp³-hybridized carbons (Fsp3) is 0.294. The highest BCUT2D eigenvalue weighted by atomic mass is 32.1. The normalized spacial score (nSPS) is 11.8. The van der Waals surface area contributed by atoms with E-state index in [4.69, 9.17) is 10.1 Å². The first-order valence-electron chi connectivity index (χ1n) is 7.35. The summed E-state index contributed by atoms with van der Waals surface area (Å²) in [5, 5.41) is 12.6. The van der Waals surface area contributed by atoms with Crippen LogP contribution in [-0.2, 0) is 0 Å². The van der Waals surface area contributed by atoms with E-state index in [0.717, 1.165) is 27.6 Å². The highest BCUT2D eigenvalue weighted by Gasteiger charge is 2.21. The lowest BCUT2D eigenvalue weighted by atomic mass is 10.1. The third-order valence-corrected chi connectivity index (χ3v) is 4.39. The average Bonchev–Trinajstić information content (AvgIpc) is 3.03. The van der Waals surface area contributed by atoms with Crippen LogP contribution < -0.4 is 5.32 Å². The van der Waals surface area contributed by atoms with Crippen LogP contribution in [0.15, 0.2) is 30.5 Å². The number of thiophene rings is 1. The second-order valence-corrected chi connectivity index (χ2v) is 7.67. The molecule has 120 valence electrons. The first-order valence-corrected chi connectivity index (χ1v) is 8.17. The molecular formula is C17H19N3O2S. The number of imidazole rings is 1. The summed E-state index contributed by atoms with van der Waals surface area (Å²) in [6.07, 6.45) is 2.03. The number of aryl methyl sites for hydroxylation is 1. The molecule has 0 saturated carbocycles. The standard InChI is InChI=1S/C17H19N3O2S/c1-10-5-8-13-18-14(11-6-7-12(23-11)16(21)22)15(20(13)9-10)19-17(2,3)4/h5-9,19H,1-4H3,(H,21,22). The zero-order valence-electron chi connectivity index (χ0n) is 13.5. The summed E-state index contributed by atoms with van der Waals surface area (Å²) in [5.74, 6) is -0.0267. The van der Waals surface area contributed by atoms with Crippen molar-refractivity contribution < 1.29 is 9.90 Å². The Bertz CT molecular complexity index is 887. The zero-order chi connectivity index (χ0) is 16.8. The molecule has 3 aromatic rings. The van der Waals surface area contributed by atoms with Gasteiger partial charge in [-0.05, 0) is 51.5 Å². The van der Waals surface area contributed by atoms with E-state index in [0.29, 0.717) is 4.88 Å². The Morgan fingerprint density at radius 1 is 1.26 bits per heavy atom. The number of nitrogens with zero attached hydrogens (tertiary/aromatic N) is 2. The van der Waals surface area contributed by atoms with Crippen LogP contribution in [0.4, 0.5) is 5.82 Å². The van der Waals surface area contributed by atoms with E-state index in [1.807, 2.05) is 35.7 Å². The van der Waals surface area contributed by atoms with Crippen molar-refractivity contribution in [1.82, 2.24) is 9.38 Å². The van der Waals surface area contributed by atoms with Crippen LogP contribution in [0.5, 0.6) is 0 Å². The van der Waals surface area contributed by atoms with Crippen LogP contribution in [-0.4, -0.2) is 26.0 Å². The summed E-state index contributed by atoms with van der Waals surface area (Å²) in [4.78, 5) is 17.0. The van der Waals surface area contributed by atoms with Gasteiger partial charge in [0.2, 0.25) is 0 Å². The van der Waals surface area contributed by atoms with Gasteiger partial charge in [0, 0.05) is 11.7 Å². The molecule has 0 aliphatic heterocycles. The zero-order valence-corrected chi connectivity index (χ0v) is 14.4. The number of fused-ring (bicyclic) bond motifs is 1. The molecule has 0 bridgehead atoms. The van der Waals surface area contributed by atoms with Crippen molar-refractivity contribution in [3.8, 4) is 10.6 Å². The third-order valence-electron chi connectivity index (χ3n) is 3.31. The molecule has 3 aromatic heterocycles. The summed E-state index contributed by atoms with van der Waals surface area (Å²) in [5.41, 5.74) is 2.61. The lowest BCUT2D eigenvalue weighted by molar-refractivity contribution is 0.0702. The van der Waals surface area contributed by atoms with Gasteiger partial charge in [0.1, 0.15) is 22.0 Å². The Hall–Kier alpha value is -2.34. The number of carboxylic acid groups (broad SMARTS) is 1. The van der Waals surface area contributed by atoms with E-state index in [9.17, 15) is 4.79 Å². The molecule has 5 nitrogen and oxygen atoms in total. The van der Waals surface area contributed by atoms with Crippen molar-refractivity contribution in [3.05, 3.63) is 40.9 Å². The number of hydrogen-bond donors (Lipinski definition) is 2. The topological polar surface area (TPSA) is 66.6 Å². The lowest BCUT2D eigenvalue weighted by Gasteiger charge is -2.22. The minimum Gasteiger partial charge on any atom is -0.477 e. The van der Waals surface area contributed by atoms with Crippen LogP contribution >= 0.6 is 11.3 Å². The fourth-order valence-corrected chi connectivity index (χ4v) is 3.21. The average molecular weight is 329 g/mol. The van der Waals surface area contributed by atoms with Gasteiger partial charge in [-0.3, -0.25) is 4.40 Å². The molecule has 0 spiro atoms. The van der Waals surface area contributed by atoms with Gasteiger partial charge < -0.3 is 10.4 Å². The van der Waals surface area contributed by atoms with Crippen molar-refractivity contribution in [2.75, 3.05) is 5.32 Å². The highest BCUT2D eigenvalue weighted by molar-refractivity contribution is 7.17. The minimum absolute atomic E-state index is 0.138. The summed E-state index contributed by atoms with van der Waals surface area (Å²) >= 11 is 1.24. The molecule has 0 radical (unpaired) electrons. The van der Waals surface area contributed by atoms with Crippen LogP contribution in [0, 0.1) is 6.92 Å². The van der Waals surface area contributed by atoms with Gasteiger partial charge in [-0.15, -0.1) is 11.3 Å². The number of nitrogens with one attached hydrogen (secondary N) is 1. The Labute approximate surface area is 138 Å². The Morgan fingerprint density at radius 3 is 2.61 bits per heavy atom. The number of pyridine rings is 1. The molecule has 0 atom stereocenters. The molecule has 3 rings (SSSR count). The molecule has 0 aromatic carbocycles. The van der Waals surface area contributed by atoms with Crippen LogP contribution in [0.2, 0.25) is 0 Å². The lowest BCUT2D eigenvalue weighted by Crippen LogP contribution is -2.27. The monoisotopic (exact) mass is 329 g/mol. The third kappa shape index (κ3) is 3.07. The van der Waals surface area contributed by atoms with Gasteiger partial charge in [-0.2, -0.15) is 0 Å². The highest BCUT2D eigenvalue weighted by Crippen LogP contribution is 2.35. The predicted molar refractivity (Wildman–Crippen MR) is 93.6 cm³/mol. The smallest absolute Gasteiger partial charge is 0.345 e. The van der Waals surface area contributed by atoms with Gasteiger partial charge in [-0.25, -0.2) is 9.78 Å². The minimum atomic E-state index is -0.911. The molecule has 0 saturated heterocycles. The van der Waals surface area contributed by atoms with Crippen molar-refractivity contribution >= 4 is 28.8 Å². The van der Waals surface area contributed by atoms with Gasteiger partial charge in [0.05, 0.1) is 4.88 Å². The first kappa shape index (κ1) is 15.6. The number of aromatic nitrogens is 2.